The normalized spacial score (nSPS) is 28.0. The number of hydrogen-bond acceptors (Lipinski definition) is 2. The largest absolute Gasteiger partial charge is 0.379 e. The van der Waals surface area contributed by atoms with Gasteiger partial charge in [0.15, 0.2) is 0 Å². The zero-order valence-corrected chi connectivity index (χ0v) is 10.3. The molecule has 1 N–H and O–H groups in total. The zero-order valence-electron chi connectivity index (χ0n) is 9.54. The van der Waals surface area contributed by atoms with Crippen LogP contribution in [0.2, 0.25) is 5.02 Å². The first kappa shape index (κ1) is 10.3. The van der Waals surface area contributed by atoms with Crippen LogP contribution in [0.4, 0.5) is 11.4 Å². The van der Waals surface area contributed by atoms with E-state index in [-0.39, 0.29) is 0 Å². The van der Waals surface area contributed by atoms with Gasteiger partial charge in [0, 0.05) is 19.1 Å². The van der Waals surface area contributed by atoms with Gasteiger partial charge in [-0.25, -0.2) is 0 Å². The Bertz CT molecular complexity index is 405. The van der Waals surface area contributed by atoms with E-state index in [2.05, 4.69) is 23.3 Å². The van der Waals surface area contributed by atoms with E-state index in [4.69, 9.17) is 11.6 Å². The summed E-state index contributed by atoms with van der Waals surface area (Å²) in [5, 5.41) is 4.50. The summed E-state index contributed by atoms with van der Waals surface area (Å²) in [6.07, 6.45) is 5.24. The summed E-state index contributed by atoms with van der Waals surface area (Å²) in [5.74, 6) is 0. The number of halogens is 1. The van der Waals surface area contributed by atoms with Gasteiger partial charge in [-0.2, -0.15) is 0 Å². The summed E-state index contributed by atoms with van der Waals surface area (Å²) in [4.78, 5) is 2.37. The number of fused-ring (bicyclic) bond motifs is 2. The summed E-state index contributed by atoms with van der Waals surface area (Å²) in [7, 11) is 2.18. The molecule has 2 atom stereocenters. The predicted octanol–water partition coefficient (Wildman–Crippen LogP) is 3.51. The molecule has 2 nitrogen and oxygen atoms in total. The van der Waals surface area contributed by atoms with Crippen molar-refractivity contribution in [3.8, 4) is 0 Å². The third kappa shape index (κ3) is 1.47. The van der Waals surface area contributed by atoms with E-state index in [1.54, 1.807) is 0 Å². The lowest BCUT2D eigenvalue weighted by atomic mass is 9.87. The highest BCUT2D eigenvalue weighted by Crippen LogP contribution is 2.41. The Kier molecular flexibility index (Phi) is 2.47. The van der Waals surface area contributed by atoms with E-state index in [1.165, 1.54) is 37.1 Å². The van der Waals surface area contributed by atoms with Gasteiger partial charge in [0.05, 0.1) is 16.4 Å². The van der Waals surface area contributed by atoms with Gasteiger partial charge in [-0.1, -0.05) is 30.5 Å². The van der Waals surface area contributed by atoms with Crippen LogP contribution < -0.4 is 10.2 Å². The predicted molar refractivity (Wildman–Crippen MR) is 69.5 cm³/mol. The van der Waals surface area contributed by atoms with Crippen LogP contribution in [0.15, 0.2) is 18.2 Å². The molecule has 0 saturated heterocycles. The van der Waals surface area contributed by atoms with Crippen molar-refractivity contribution in [3.63, 3.8) is 0 Å². The molecule has 1 aromatic carbocycles. The average Bonchev–Trinajstić information content (AvgIpc) is 2.29. The molecule has 3 rings (SSSR count). The van der Waals surface area contributed by atoms with Crippen LogP contribution in [0.5, 0.6) is 0 Å². The minimum absolute atomic E-state index is 0.602. The molecule has 2 aliphatic rings. The Balaban J connectivity index is 2.03. The van der Waals surface area contributed by atoms with Crippen LogP contribution >= 0.6 is 11.6 Å². The van der Waals surface area contributed by atoms with Gasteiger partial charge in [0.25, 0.3) is 0 Å². The van der Waals surface area contributed by atoms with E-state index >= 15 is 0 Å². The SMILES string of the molecule is CN1c2c(Cl)cccc2NC2CCCCC21. The van der Waals surface area contributed by atoms with E-state index in [9.17, 15) is 0 Å². The van der Waals surface area contributed by atoms with E-state index in [1.807, 2.05) is 12.1 Å². The number of benzene rings is 1. The molecule has 1 saturated carbocycles. The molecule has 0 radical (unpaired) electrons. The van der Waals surface area contributed by atoms with Crippen molar-refractivity contribution in [2.24, 2.45) is 0 Å². The van der Waals surface area contributed by atoms with Crippen molar-refractivity contribution in [3.05, 3.63) is 23.2 Å². The van der Waals surface area contributed by atoms with E-state index in [0.29, 0.717) is 12.1 Å². The van der Waals surface area contributed by atoms with Crippen LogP contribution in [0.25, 0.3) is 0 Å². The molecular formula is C13H17ClN2. The lowest BCUT2D eigenvalue weighted by Gasteiger charge is -2.45. The van der Waals surface area contributed by atoms with E-state index in [0.717, 1.165) is 5.02 Å². The Morgan fingerprint density at radius 1 is 1.31 bits per heavy atom. The summed E-state index contributed by atoms with van der Waals surface area (Å²) in [5.41, 5.74) is 2.37. The highest BCUT2D eigenvalue weighted by atomic mass is 35.5. The molecule has 1 aromatic rings. The van der Waals surface area contributed by atoms with Crippen LogP contribution in [0.1, 0.15) is 25.7 Å². The van der Waals surface area contributed by atoms with Gasteiger partial charge in [-0.3, -0.25) is 0 Å². The van der Waals surface area contributed by atoms with Gasteiger partial charge in [-0.05, 0) is 25.0 Å². The maximum atomic E-state index is 6.29. The van der Waals surface area contributed by atoms with Crippen molar-refractivity contribution in [2.75, 3.05) is 17.3 Å². The molecule has 0 bridgehead atoms. The lowest BCUT2D eigenvalue weighted by Crippen LogP contribution is -2.50. The topological polar surface area (TPSA) is 15.3 Å². The maximum absolute atomic E-state index is 6.29. The number of likely N-dealkylation sites (N-methyl/N-ethyl adjacent to an activating group) is 1. The summed E-state index contributed by atoms with van der Waals surface area (Å²) < 4.78 is 0. The highest BCUT2D eigenvalue weighted by molar-refractivity contribution is 6.34. The first-order valence-electron chi connectivity index (χ1n) is 6.05. The Hall–Kier alpha value is -0.890. The van der Waals surface area contributed by atoms with Gasteiger partial charge < -0.3 is 10.2 Å². The van der Waals surface area contributed by atoms with Crippen molar-refractivity contribution in [1.82, 2.24) is 0 Å². The third-order valence-electron chi connectivity index (χ3n) is 3.91. The fraction of sp³-hybridized carbons (Fsp3) is 0.538. The smallest absolute Gasteiger partial charge is 0.0791 e. The minimum Gasteiger partial charge on any atom is -0.379 e. The molecule has 1 fully saturated rings. The maximum Gasteiger partial charge on any atom is 0.0791 e. The molecule has 1 heterocycles. The Labute approximate surface area is 102 Å². The molecule has 1 aliphatic carbocycles. The summed E-state index contributed by atoms with van der Waals surface area (Å²) in [6.45, 7) is 0. The molecule has 86 valence electrons. The second kappa shape index (κ2) is 3.85. The Morgan fingerprint density at radius 3 is 3.00 bits per heavy atom. The number of rotatable bonds is 0. The molecule has 0 aromatic heterocycles. The zero-order chi connectivity index (χ0) is 11.1. The first-order valence-corrected chi connectivity index (χ1v) is 6.43. The minimum atomic E-state index is 0.602. The molecule has 0 amide bonds. The molecule has 0 spiro atoms. The molecule has 1 aliphatic heterocycles. The van der Waals surface area contributed by atoms with Crippen LogP contribution in [0.3, 0.4) is 0 Å². The van der Waals surface area contributed by atoms with E-state index < -0.39 is 0 Å². The summed E-state index contributed by atoms with van der Waals surface area (Å²) >= 11 is 6.29. The van der Waals surface area contributed by atoms with Crippen molar-refractivity contribution in [1.29, 1.82) is 0 Å². The van der Waals surface area contributed by atoms with Crippen molar-refractivity contribution >= 4 is 23.0 Å². The highest BCUT2D eigenvalue weighted by Gasteiger charge is 2.34. The summed E-state index contributed by atoms with van der Waals surface area (Å²) in [6, 6.07) is 7.33. The van der Waals surface area contributed by atoms with Crippen LogP contribution in [-0.2, 0) is 0 Å². The average molecular weight is 237 g/mol. The van der Waals surface area contributed by atoms with Crippen molar-refractivity contribution in [2.45, 2.75) is 37.8 Å². The first-order chi connectivity index (χ1) is 7.77. The number of para-hydroxylation sites is 1. The number of nitrogens with one attached hydrogen (secondary N) is 1. The lowest BCUT2D eigenvalue weighted by molar-refractivity contribution is 0.385. The second-order valence-electron chi connectivity index (χ2n) is 4.85. The molecule has 3 heteroatoms. The van der Waals surface area contributed by atoms with Crippen LogP contribution in [0, 0.1) is 0 Å². The van der Waals surface area contributed by atoms with Gasteiger partial charge >= 0.3 is 0 Å². The van der Waals surface area contributed by atoms with Crippen LogP contribution in [-0.4, -0.2) is 19.1 Å². The molecule has 2 unspecified atom stereocenters. The number of nitrogens with zero attached hydrogens (tertiary/aromatic N) is 1. The monoisotopic (exact) mass is 236 g/mol. The third-order valence-corrected chi connectivity index (χ3v) is 4.21. The molecule has 16 heavy (non-hydrogen) atoms. The standard InChI is InChI=1S/C13H17ClN2/c1-16-12-8-3-2-6-10(12)15-11-7-4-5-9(14)13(11)16/h4-5,7,10,12,15H,2-3,6,8H2,1H3. The van der Waals surface area contributed by atoms with Gasteiger partial charge in [-0.15, -0.1) is 0 Å². The van der Waals surface area contributed by atoms with Crippen molar-refractivity contribution < 1.29 is 0 Å². The molecular weight excluding hydrogens is 220 g/mol. The fourth-order valence-electron chi connectivity index (χ4n) is 3.10. The number of hydrogen-bond donors (Lipinski definition) is 1. The van der Waals surface area contributed by atoms with Gasteiger partial charge in [0.2, 0.25) is 0 Å². The fourth-order valence-corrected chi connectivity index (χ4v) is 3.41. The second-order valence-corrected chi connectivity index (χ2v) is 5.26. The van der Waals surface area contributed by atoms with Gasteiger partial charge in [0.1, 0.15) is 0 Å². The Morgan fingerprint density at radius 2 is 2.12 bits per heavy atom. The quantitative estimate of drug-likeness (QED) is 0.742. The number of anilines is 2.